The van der Waals surface area contributed by atoms with Crippen LogP contribution in [-0.4, -0.2) is 30.3 Å². The van der Waals surface area contributed by atoms with Gasteiger partial charge >= 0.3 is 0 Å². The Bertz CT molecular complexity index is 420. The molecule has 3 heteroatoms. The highest BCUT2D eigenvalue weighted by atomic mass is 16.5. The lowest BCUT2D eigenvalue weighted by molar-refractivity contribution is -0.0858. The van der Waals surface area contributed by atoms with Crippen LogP contribution in [0.1, 0.15) is 52.0 Å². The van der Waals surface area contributed by atoms with Crippen LogP contribution >= 0.6 is 0 Å². The van der Waals surface area contributed by atoms with E-state index in [4.69, 9.17) is 4.74 Å². The first-order chi connectivity index (χ1) is 10.0. The topological polar surface area (TPSA) is 34.2 Å². The molecule has 1 fully saturated rings. The smallest absolute Gasteiger partial charge is 0.0834 e. The van der Waals surface area contributed by atoms with Gasteiger partial charge in [-0.2, -0.15) is 0 Å². The molecule has 118 valence electrons. The van der Waals surface area contributed by atoms with Gasteiger partial charge < -0.3 is 10.1 Å². The number of nitrogens with one attached hydrogen (secondary N) is 1. The minimum absolute atomic E-state index is 0.0403. The van der Waals surface area contributed by atoms with E-state index in [0.29, 0.717) is 11.5 Å². The van der Waals surface area contributed by atoms with E-state index in [2.05, 4.69) is 37.1 Å². The molecule has 1 saturated carbocycles. The van der Waals surface area contributed by atoms with Crippen LogP contribution in [0.4, 0.5) is 0 Å². The van der Waals surface area contributed by atoms with E-state index in [9.17, 15) is 0 Å². The molecular weight excluding hydrogens is 260 g/mol. The summed E-state index contributed by atoms with van der Waals surface area (Å²) in [6.45, 7) is 7.89. The highest BCUT2D eigenvalue weighted by molar-refractivity contribution is 5.13. The first-order valence-corrected chi connectivity index (χ1v) is 8.19. The average molecular weight is 290 g/mol. The fraction of sp³-hybridized carbons (Fsp3) is 0.722. The second-order valence-electron chi connectivity index (χ2n) is 7.11. The Balaban J connectivity index is 2.15. The van der Waals surface area contributed by atoms with Gasteiger partial charge in [0.05, 0.1) is 5.60 Å². The molecule has 1 heterocycles. The van der Waals surface area contributed by atoms with Crippen molar-refractivity contribution in [3.05, 3.63) is 30.1 Å². The van der Waals surface area contributed by atoms with Crippen LogP contribution in [0.25, 0.3) is 0 Å². The van der Waals surface area contributed by atoms with Gasteiger partial charge in [0.15, 0.2) is 0 Å². The van der Waals surface area contributed by atoms with Crippen molar-refractivity contribution in [1.29, 1.82) is 0 Å². The number of aromatic nitrogens is 1. The molecular formula is C18H30N2O. The number of hydrogen-bond donors (Lipinski definition) is 1. The Labute approximate surface area is 129 Å². The van der Waals surface area contributed by atoms with E-state index in [1.807, 2.05) is 25.6 Å². The monoisotopic (exact) mass is 290 g/mol. The maximum absolute atomic E-state index is 6.08. The Kier molecular flexibility index (Phi) is 5.39. The third kappa shape index (κ3) is 4.04. The van der Waals surface area contributed by atoms with Crippen molar-refractivity contribution in [2.45, 2.75) is 64.5 Å². The lowest BCUT2D eigenvalue weighted by Gasteiger charge is -2.47. The van der Waals surface area contributed by atoms with E-state index in [1.165, 1.54) is 18.4 Å². The summed E-state index contributed by atoms with van der Waals surface area (Å²) in [6, 6.07) is 4.53. The summed E-state index contributed by atoms with van der Waals surface area (Å²) in [5.74, 6) is 0. The Morgan fingerprint density at radius 3 is 2.52 bits per heavy atom. The number of methoxy groups -OCH3 is 1. The molecule has 0 bridgehead atoms. The zero-order valence-corrected chi connectivity index (χ0v) is 14.0. The predicted octanol–water partition coefficient (Wildman–Crippen LogP) is 3.59. The number of hydrogen-bond acceptors (Lipinski definition) is 3. The van der Waals surface area contributed by atoms with Crippen LogP contribution in [0.3, 0.4) is 0 Å². The van der Waals surface area contributed by atoms with Gasteiger partial charge in [-0.05, 0) is 55.7 Å². The Morgan fingerprint density at radius 1 is 1.29 bits per heavy atom. The number of likely N-dealkylation sites (N-methyl/N-ethyl adjacent to an activating group) is 1. The highest BCUT2D eigenvalue weighted by Gasteiger charge is 2.43. The van der Waals surface area contributed by atoms with E-state index in [1.54, 1.807) is 0 Å². The third-order valence-corrected chi connectivity index (χ3v) is 5.10. The van der Waals surface area contributed by atoms with Crippen LogP contribution in [0.5, 0.6) is 0 Å². The van der Waals surface area contributed by atoms with Crippen LogP contribution in [0.2, 0.25) is 0 Å². The van der Waals surface area contributed by atoms with Crippen molar-refractivity contribution < 1.29 is 4.74 Å². The molecule has 21 heavy (non-hydrogen) atoms. The van der Waals surface area contributed by atoms with Crippen molar-refractivity contribution in [3.8, 4) is 0 Å². The molecule has 1 N–H and O–H groups in total. The fourth-order valence-corrected chi connectivity index (χ4v) is 3.49. The number of rotatable bonds is 6. The first-order valence-electron chi connectivity index (χ1n) is 8.19. The Hall–Kier alpha value is -0.930. The largest absolute Gasteiger partial charge is 0.377 e. The molecule has 0 aromatic carbocycles. The molecule has 1 aromatic heterocycles. The normalized spacial score (nSPS) is 21.9. The summed E-state index contributed by atoms with van der Waals surface area (Å²) in [5, 5.41) is 3.67. The zero-order chi connectivity index (χ0) is 15.3. The number of ether oxygens (including phenoxy) is 1. The Morgan fingerprint density at radius 2 is 2.00 bits per heavy atom. The SMILES string of the molecule is CCNC(Cc1cccnc1)C1(OC)CCC(C)(C)CC1. The van der Waals surface area contributed by atoms with Crippen molar-refractivity contribution >= 4 is 0 Å². The fourth-order valence-electron chi connectivity index (χ4n) is 3.49. The third-order valence-electron chi connectivity index (χ3n) is 5.10. The molecule has 0 radical (unpaired) electrons. The molecule has 0 aliphatic heterocycles. The van der Waals surface area contributed by atoms with Gasteiger partial charge in [0.25, 0.3) is 0 Å². The summed E-state index contributed by atoms with van der Waals surface area (Å²) in [5.41, 5.74) is 1.69. The lowest BCUT2D eigenvalue weighted by atomic mass is 9.67. The predicted molar refractivity (Wildman–Crippen MR) is 87.4 cm³/mol. The molecule has 1 aliphatic carbocycles. The molecule has 2 rings (SSSR count). The lowest BCUT2D eigenvalue weighted by Crippen LogP contribution is -2.55. The zero-order valence-electron chi connectivity index (χ0n) is 14.0. The summed E-state index contributed by atoms with van der Waals surface area (Å²) < 4.78 is 6.08. The molecule has 3 nitrogen and oxygen atoms in total. The van der Waals surface area contributed by atoms with Crippen molar-refractivity contribution in [3.63, 3.8) is 0 Å². The average Bonchev–Trinajstić information content (AvgIpc) is 2.49. The van der Waals surface area contributed by atoms with E-state index in [0.717, 1.165) is 25.8 Å². The second kappa shape index (κ2) is 6.89. The van der Waals surface area contributed by atoms with Gasteiger partial charge in [-0.1, -0.05) is 26.8 Å². The van der Waals surface area contributed by atoms with Crippen molar-refractivity contribution in [1.82, 2.24) is 10.3 Å². The second-order valence-corrected chi connectivity index (χ2v) is 7.11. The standard InChI is InChI=1S/C18H30N2O/c1-5-20-16(13-15-7-6-12-19-14-15)18(21-4)10-8-17(2,3)9-11-18/h6-7,12,14,16,20H,5,8-11,13H2,1-4H3. The van der Waals surface area contributed by atoms with Gasteiger partial charge in [-0.3, -0.25) is 4.98 Å². The number of pyridine rings is 1. The van der Waals surface area contributed by atoms with Crippen LogP contribution in [0, 0.1) is 5.41 Å². The first kappa shape index (κ1) is 16.4. The molecule has 0 saturated heterocycles. The summed E-state index contributed by atoms with van der Waals surface area (Å²) >= 11 is 0. The van der Waals surface area contributed by atoms with Crippen molar-refractivity contribution in [2.24, 2.45) is 5.41 Å². The van der Waals surface area contributed by atoms with Crippen LogP contribution < -0.4 is 5.32 Å². The molecule has 0 spiro atoms. The quantitative estimate of drug-likeness (QED) is 0.869. The van der Waals surface area contributed by atoms with Crippen LogP contribution in [-0.2, 0) is 11.2 Å². The van der Waals surface area contributed by atoms with Gasteiger partial charge in [-0.15, -0.1) is 0 Å². The maximum atomic E-state index is 6.08. The minimum Gasteiger partial charge on any atom is -0.377 e. The molecule has 1 atom stereocenters. The van der Waals surface area contributed by atoms with Gasteiger partial charge in [-0.25, -0.2) is 0 Å². The molecule has 1 aromatic rings. The summed E-state index contributed by atoms with van der Waals surface area (Å²) in [4.78, 5) is 4.25. The van der Waals surface area contributed by atoms with Gasteiger partial charge in [0.1, 0.15) is 0 Å². The van der Waals surface area contributed by atoms with Crippen LogP contribution in [0.15, 0.2) is 24.5 Å². The maximum Gasteiger partial charge on any atom is 0.0834 e. The van der Waals surface area contributed by atoms with E-state index in [-0.39, 0.29) is 5.60 Å². The van der Waals surface area contributed by atoms with Crippen molar-refractivity contribution in [2.75, 3.05) is 13.7 Å². The summed E-state index contributed by atoms with van der Waals surface area (Å²) in [7, 11) is 1.88. The van der Waals surface area contributed by atoms with E-state index >= 15 is 0 Å². The van der Waals surface area contributed by atoms with Gasteiger partial charge in [0.2, 0.25) is 0 Å². The van der Waals surface area contributed by atoms with E-state index < -0.39 is 0 Å². The summed E-state index contributed by atoms with van der Waals surface area (Å²) in [6.07, 6.45) is 9.52. The minimum atomic E-state index is -0.0403. The number of nitrogens with zero attached hydrogens (tertiary/aromatic N) is 1. The molecule has 1 unspecified atom stereocenters. The van der Waals surface area contributed by atoms with Gasteiger partial charge in [0, 0.05) is 25.5 Å². The molecule has 0 amide bonds. The molecule has 1 aliphatic rings. The highest BCUT2D eigenvalue weighted by Crippen LogP contribution is 2.43.